The van der Waals surface area contributed by atoms with Crippen LogP contribution in [0.4, 0.5) is 0 Å². The van der Waals surface area contributed by atoms with Crippen LogP contribution in [0.2, 0.25) is 0 Å². The van der Waals surface area contributed by atoms with Crippen molar-refractivity contribution in [1.82, 2.24) is 5.43 Å². The molecule has 31 heavy (non-hydrogen) atoms. The van der Waals surface area contributed by atoms with E-state index in [1.807, 2.05) is 48.5 Å². The third-order valence-electron chi connectivity index (χ3n) is 4.73. The smallest absolute Gasteiger partial charge is 0.277 e. The van der Waals surface area contributed by atoms with Gasteiger partial charge in [0.2, 0.25) is 0 Å². The Bertz CT molecular complexity index is 992. The van der Waals surface area contributed by atoms with Crippen LogP contribution in [0.1, 0.15) is 42.0 Å². The molecule has 0 saturated heterocycles. The summed E-state index contributed by atoms with van der Waals surface area (Å²) in [6.07, 6.45) is 1.58. The number of hydrogen-bond acceptors (Lipinski definition) is 4. The Kier molecular flexibility index (Phi) is 7.82. The molecule has 0 atom stereocenters. The second-order valence-electron chi connectivity index (χ2n) is 7.65. The van der Waals surface area contributed by atoms with Crippen LogP contribution >= 0.6 is 0 Å². The highest BCUT2D eigenvalue weighted by Gasteiger charge is 2.03. The fraction of sp³-hybridized carbons (Fsp3) is 0.231. The number of carbonyl (C=O) groups excluding carboxylic acids is 1. The van der Waals surface area contributed by atoms with Gasteiger partial charge in [-0.2, -0.15) is 5.10 Å². The average molecular weight is 417 g/mol. The molecule has 3 aromatic carbocycles. The summed E-state index contributed by atoms with van der Waals surface area (Å²) >= 11 is 0. The van der Waals surface area contributed by atoms with Gasteiger partial charge in [-0.15, -0.1) is 0 Å². The summed E-state index contributed by atoms with van der Waals surface area (Å²) in [6, 6.07) is 23.5. The van der Waals surface area contributed by atoms with E-state index in [0.717, 1.165) is 16.9 Å². The number of hydrogen-bond donors (Lipinski definition) is 1. The molecular weight excluding hydrogens is 388 g/mol. The maximum Gasteiger partial charge on any atom is 0.277 e. The van der Waals surface area contributed by atoms with E-state index in [9.17, 15) is 4.79 Å². The van der Waals surface area contributed by atoms with E-state index in [4.69, 9.17) is 9.47 Å². The van der Waals surface area contributed by atoms with Gasteiger partial charge in [-0.25, -0.2) is 5.43 Å². The molecule has 0 aliphatic carbocycles. The van der Waals surface area contributed by atoms with E-state index < -0.39 is 0 Å². The second kappa shape index (κ2) is 11.0. The Labute approximate surface area is 183 Å². The highest BCUT2D eigenvalue weighted by Crippen LogP contribution is 2.18. The first-order valence-corrected chi connectivity index (χ1v) is 10.3. The minimum atomic E-state index is -0.317. The van der Waals surface area contributed by atoms with Gasteiger partial charge in [-0.1, -0.05) is 55.8 Å². The van der Waals surface area contributed by atoms with Crippen LogP contribution in [0.5, 0.6) is 11.5 Å². The van der Waals surface area contributed by atoms with Gasteiger partial charge in [-0.05, 0) is 65.9 Å². The van der Waals surface area contributed by atoms with E-state index >= 15 is 0 Å². The van der Waals surface area contributed by atoms with Crippen molar-refractivity contribution in [3.05, 3.63) is 95.1 Å². The van der Waals surface area contributed by atoms with Crippen LogP contribution in [0.25, 0.3) is 0 Å². The van der Waals surface area contributed by atoms with Gasteiger partial charge in [0.15, 0.2) is 6.61 Å². The van der Waals surface area contributed by atoms with Gasteiger partial charge in [0.25, 0.3) is 5.91 Å². The molecule has 1 N–H and O–H groups in total. The first-order valence-electron chi connectivity index (χ1n) is 10.3. The summed E-state index contributed by atoms with van der Waals surface area (Å²) in [6.45, 7) is 6.75. The van der Waals surface area contributed by atoms with Crippen LogP contribution < -0.4 is 14.9 Å². The molecule has 160 valence electrons. The standard InChI is InChI=1S/C26H28N2O3/c1-19(2)23-10-14-25(15-11-23)31-18-26(29)28-27-16-21-8-12-24(13-9-21)30-17-22-6-4-20(3)5-7-22/h4-16,19H,17-18H2,1-3H3,(H,28,29)/b27-16+. The van der Waals surface area contributed by atoms with Crippen LogP contribution in [0.3, 0.4) is 0 Å². The van der Waals surface area contributed by atoms with Gasteiger partial charge in [0.05, 0.1) is 6.21 Å². The number of amides is 1. The summed E-state index contributed by atoms with van der Waals surface area (Å²) in [5.74, 6) is 1.58. The molecular formula is C26H28N2O3. The van der Waals surface area contributed by atoms with Crippen LogP contribution in [-0.2, 0) is 11.4 Å². The minimum Gasteiger partial charge on any atom is -0.489 e. The zero-order valence-electron chi connectivity index (χ0n) is 18.2. The molecule has 0 unspecified atom stereocenters. The molecule has 0 aliphatic rings. The Morgan fingerprint density at radius 3 is 2.16 bits per heavy atom. The highest BCUT2D eigenvalue weighted by atomic mass is 16.5. The SMILES string of the molecule is Cc1ccc(COc2ccc(/C=N/NC(=O)COc3ccc(C(C)C)cc3)cc2)cc1. The van der Waals surface area contributed by atoms with Gasteiger partial charge < -0.3 is 9.47 Å². The quantitative estimate of drug-likeness (QED) is 0.384. The molecule has 1 amide bonds. The number of carbonyl (C=O) groups is 1. The van der Waals surface area contributed by atoms with Crippen molar-refractivity contribution >= 4 is 12.1 Å². The van der Waals surface area contributed by atoms with E-state index in [-0.39, 0.29) is 12.5 Å². The summed E-state index contributed by atoms with van der Waals surface area (Å²) in [5.41, 5.74) is 6.91. The number of nitrogens with one attached hydrogen (secondary N) is 1. The fourth-order valence-electron chi connectivity index (χ4n) is 2.81. The fourth-order valence-corrected chi connectivity index (χ4v) is 2.81. The normalized spacial score (nSPS) is 11.0. The molecule has 0 aliphatic heterocycles. The molecule has 0 saturated carbocycles. The van der Waals surface area contributed by atoms with Gasteiger partial charge in [0.1, 0.15) is 18.1 Å². The predicted octanol–water partition coefficient (Wildman–Crippen LogP) is 5.23. The molecule has 5 heteroatoms. The Hall–Kier alpha value is -3.60. The second-order valence-corrected chi connectivity index (χ2v) is 7.65. The molecule has 3 rings (SSSR count). The number of hydrazone groups is 1. The van der Waals surface area contributed by atoms with Gasteiger partial charge in [-0.3, -0.25) is 4.79 Å². The van der Waals surface area contributed by atoms with Crippen molar-refractivity contribution < 1.29 is 14.3 Å². The van der Waals surface area contributed by atoms with Crippen molar-refractivity contribution in [1.29, 1.82) is 0 Å². The number of aryl methyl sites for hydroxylation is 1. The third-order valence-corrected chi connectivity index (χ3v) is 4.73. The van der Waals surface area contributed by atoms with Crippen LogP contribution in [-0.4, -0.2) is 18.7 Å². The summed E-state index contributed by atoms with van der Waals surface area (Å²) < 4.78 is 11.3. The van der Waals surface area contributed by atoms with Crippen molar-refractivity contribution in [2.45, 2.75) is 33.3 Å². The maximum absolute atomic E-state index is 11.9. The molecule has 5 nitrogen and oxygen atoms in total. The van der Waals surface area contributed by atoms with Crippen molar-refractivity contribution in [2.75, 3.05) is 6.61 Å². The molecule has 0 spiro atoms. The monoisotopic (exact) mass is 416 g/mol. The van der Waals surface area contributed by atoms with Crippen molar-refractivity contribution in [3.63, 3.8) is 0 Å². The molecule has 0 bridgehead atoms. The van der Waals surface area contributed by atoms with Gasteiger partial charge in [0, 0.05) is 0 Å². The number of nitrogens with zero attached hydrogens (tertiary/aromatic N) is 1. The number of ether oxygens (including phenoxy) is 2. The molecule has 3 aromatic rings. The number of rotatable bonds is 9. The van der Waals surface area contributed by atoms with Crippen molar-refractivity contribution in [3.8, 4) is 11.5 Å². The van der Waals surface area contributed by atoms with Crippen LogP contribution in [0.15, 0.2) is 77.9 Å². The lowest BCUT2D eigenvalue weighted by Crippen LogP contribution is -2.24. The largest absolute Gasteiger partial charge is 0.489 e. The molecule has 0 aromatic heterocycles. The summed E-state index contributed by atoms with van der Waals surface area (Å²) in [7, 11) is 0. The lowest BCUT2D eigenvalue weighted by molar-refractivity contribution is -0.123. The Morgan fingerprint density at radius 1 is 0.903 bits per heavy atom. The van der Waals surface area contributed by atoms with E-state index in [1.165, 1.54) is 11.1 Å². The zero-order valence-corrected chi connectivity index (χ0v) is 18.2. The predicted molar refractivity (Wildman–Crippen MR) is 124 cm³/mol. The molecule has 0 heterocycles. The first kappa shape index (κ1) is 22.1. The number of benzene rings is 3. The topological polar surface area (TPSA) is 59.9 Å². The Balaban J connectivity index is 1.40. The van der Waals surface area contributed by atoms with Crippen molar-refractivity contribution in [2.24, 2.45) is 5.10 Å². The maximum atomic E-state index is 11.9. The van der Waals surface area contributed by atoms with Gasteiger partial charge >= 0.3 is 0 Å². The first-order chi connectivity index (χ1) is 15.0. The minimum absolute atomic E-state index is 0.0931. The van der Waals surface area contributed by atoms with E-state index in [0.29, 0.717) is 18.3 Å². The molecule has 0 fully saturated rings. The average Bonchev–Trinajstić information content (AvgIpc) is 2.78. The lowest BCUT2D eigenvalue weighted by Gasteiger charge is -2.08. The van der Waals surface area contributed by atoms with Crippen LogP contribution in [0, 0.1) is 6.92 Å². The van der Waals surface area contributed by atoms with E-state index in [1.54, 1.807) is 6.21 Å². The summed E-state index contributed by atoms with van der Waals surface area (Å²) in [5, 5.41) is 3.98. The molecule has 0 radical (unpaired) electrons. The van der Waals surface area contributed by atoms with E-state index in [2.05, 4.69) is 55.6 Å². The zero-order chi connectivity index (χ0) is 22.1. The Morgan fingerprint density at radius 2 is 1.52 bits per heavy atom. The summed E-state index contributed by atoms with van der Waals surface area (Å²) in [4.78, 5) is 11.9. The lowest BCUT2D eigenvalue weighted by atomic mass is 10.0. The highest BCUT2D eigenvalue weighted by molar-refractivity contribution is 5.83. The third kappa shape index (κ3) is 7.30.